The number of aryl methyl sites for hydroxylation is 1. The van der Waals surface area contributed by atoms with Crippen molar-refractivity contribution in [3.8, 4) is 0 Å². The summed E-state index contributed by atoms with van der Waals surface area (Å²) in [5.74, 6) is -0.221. The van der Waals surface area contributed by atoms with Crippen molar-refractivity contribution in [2.75, 3.05) is 13.2 Å². The molecule has 0 aliphatic rings. The molecule has 31 heavy (non-hydrogen) atoms. The first-order valence-electron chi connectivity index (χ1n) is 11.2. The predicted molar refractivity (Wildman–Crippen MR) is 123 cm³/mol. The number of alkyl carbamates (subject to hydrolysis) is 1. The van der Waals surface area contributed by atoms with Crippen LogP contribution in [0.2, 0.25) is 0 Å². The Morgan fingerprint density at radius 1 is 1.13 bits per heavy atom. The first-order valence-corrected chi connectivity index (χ1v) is 11.2. The molecular weight excluding hydrogens is 394 g/mol. The van der Waals surface area contributed by atoms with Gasteiger partial charge >= 0.3 is 6.09 Å². The summed E-state index contributed by atoms with van der Waals surface area (Å²) in [5.41, 5.74) is 1.48. The smallest absolute Gasteiger partial charge is 0.408 e. The van der Waals surface area contributed by atoms with Crippen LogP contribution in [-0.4, -0.2) is 46.5 Å². The van der Waals surface area contributed by atoms with Gasteiger partial charge in [-0.2, -0.15) is 0 Å². The third-order valence-corrected chi connectivity index (χ3v) is 5.03. The molecule has 2 rings (SSSR count). The van der Waals surface area contributed by atoms with Crippen LogP contribution in [0.15, 0.2) is 30.5 Å². The van der Waals surface area contributed by atoms with E-state index in [1.807, 2.05) is 18.2 Å². The molecule has 1 aromatic heterocycles. The van der Waals surface area contributed by atoms with Crippen molar-refractivity contribution in [1.29, 1.82) is 0 Å². The number of aliphatic hydroxyl groups is 1. The van der Waals surface area contributed by atoms with E-state index in [-0.39, 0.29) is 12.5 Å². The molecule has 0 saturated carbocycles. The number of carbonyl (C=O) groups is 2. The molecule has 0 saturated heterocycles. The number of aromatic nitrogens is 1. The Balaban J connectivity index is 2.12. The van der Waals surface area contributed by atoms with E-state index in [0.717, 1.165) is 48.7 Å². The quantitative estimate of drug-likeness (QED) is 0.472. The Labute approximate surface area is 185 Å². The number of nitrogens with one attached hydrogen (secondary N) is 2. The fourth-order valence-corrected chi connectivity index (χ4v) is 3.55. The molecule has 3 N–H and O–H groups in total. The standard InChI is InChI=1S/C24H37N3O4/c1-5-27-17-18(19-12-8-9-13-21(19)27)16-20(26-23(30)31-24(2,3)4)22(29)25-14-10-6-7-11-15-28/h8-9,12-13,17,20,28H,5-7,10-11,14-16H2,1-4H3,(H,25,29)(H,26,30)/t20-/m0/s1. The minimum absolute atomic E-state index is 0.194. The number of unbranched alkanes of at least 4 members (excludes halogenated alkanes) is 3. The van der Waals surface area contributed by atoms with Gasteiger partial charge < -0.3 is 25.0 Å². The predicted octanol–water partition coefficient (Wildman–Crippen LogP) is 3.77. The van der Waals surface area contributed by atoms with E-state index in [4.69, 9.17) is 9.84 Å². The van der Waals surface area contributed by atoms with Gasteiger partial charge in [0.05, 0.1) is 0 Å². The molecule has 2 aromatic rings. The van der Waals surface area contributed by atoms with Gasteiger partial charge in [-0.1, -0.05) is 31.0 Å². The summed E-state index contributed by atoms with van der Waals surface area (Å²) in [5, 5.41) is 15.6. The maximum absolute atomic E-state index is 12.9. The van der Waals surface area contributed by atoms with Crippen LogP contribution >= 0.6 is 0 Å². The largest absolute Gasteiger partial charge is 0.444 e. The SMILES string of the molecule is CCn1cc(C[C@H](NC(=O)OC(C)(C)C)C(=O)NCCCCCCO)c2ccccc21. The van der Waals surface area contributed by atoms with Crippen LogP contribution < -0.4 is 10.6 Å². The minimum Gasteiger partial charge on any atom is -0.444 e. The van der Waals surface area contributed by atoms with E-state index < -0.39 is 17.7 Å². The van der Waals surface area contributed by atoms with Gasteiger partial charge in [0, 0.05) is 43.2 Å². The second kappa shape index (κ2) is 11.7. The lowest BCUT2D eigenvalue weighted by atomic mass is 10.0. The lowest BCUT2D eigenvalue weighted by Crippen LogP contribution is -2.49. The van der Waals surface area contributed by atoms with Crippen molar-refractivity contribution in [2.24, 2.45) is 0 Å². The third kappa shape index (κ3) is 7.90. The normalized spacial score (nSPS) is 12.5. The van der Waals surface area contributed by atoms with Gasteiger partial charge in [0.2, 0.25) is 5.91 Å². The Morgan fingerprint density at radius 3 is 2.52 bits per heavy atom. The molecule has 0 bridgehead atoms. The lowest BCUT2D eigenvalue weighted by Gasteiger charge is -2.23. The summed E-state index contributed by atoms with van der Waals surface area (Å²) in [7, 11) is 0. The molecule has 7 nitrogen and oxygen atoms in total. The van der Waals surface area contributed by atoms with E-state index in [2.05, 4.69) is 34.4 Å². The van der Waals surface area contributed by atoms with Crippen LogP contribution in [0.3, 0.4) is 0 Å². The van der Waals surface area contributed by atoms with Gasteiger partial charge in [-0.05, 0) is 52.2 Å². The molecule has 0 unspecified atom stereocenters. The maximum atomic E-state index is 12.9. The maximum Gasteiger partial charge on any atom is 0.408 e. The van der Waals surface area contributed by atoms with Crippen LogP contribution in [0, 0.1) is 0 Å². The van der Waals surface area contributed by atoms with Gasteiger partial charge in [-0.25, -0.2) is 4.79 Å². The van der Waals surface area contributed by atoms with Gasteiger partial charge in [-0.15, -0.1) is 0 Å². The molecule has 0 aliphatic heterocycles. The summed E-state index contributed by atoms with van der Waals surface area (Å²) >= 11 is 0. The number of fused-ring (bicyclic) bond motifs is 1. The molecule has 1 heterocycles. The molecule has 2 amide bonds. The van der Waals surface area contributed by atoms with Crippen molar-refractivity contribution in [1.82, 2.24) is 15.2 Å². The number of carbonyl (C=O) groups excluding carboxylic acids is 2. The number of hydrogen-bond donors (Lipinski definition) is 3. The highest BCUT2D eigenvalue weighted by molar-refractivity contribution is 5.88. The first kappa shape index (κ1) is 24.7. The molecule has 0 aliphatic carbocycles. The molecule has 1 atom stereocenters. The first-order chi connectivity index (χ1) is 14.7. The van der Waals surface area contributed by atoms with Crippen LogP contribution in [-0.2, 0) is 22.5 Å². The van der Waals surface area contributed by atoms with Gasteiger partial charge in [0.1, 0.15) is 11.6 Å². The highest BCUT2D eigenvalue weighted by atomic mass is 16.6. The number of amides is 2. The van der Waals surface area contributed by atoms with E-state index in [0.29, 0.717) is 13.0 Å². The van der Waals surface area contributed by atoms with Crippen molar-refractivity contribution in [2.45, 2.75) is 78.0 Å². The summed E-state index contributed by atoms with van der Waals surface area (Å²) < 4.78 is 7.53. The minimum atomic E-state index is -0.733. The fraction of sp³-hybridized carbons (Fsp3) is 0.583. The van der Waals surface area contributed by atoms with Crippen molar-refractivity contribution < 1.29 is 19.4 Å². The van der Waals surface area contributed by atoms with Crippen molar-refractivity contribution in [3.63, 3.8) is 0 Å². The van der Waals surface area contributed by atoms with Crippen LogP contribution in [0.1, 0.15) is 58.9 Å². The van der Waals surface area contributed by atoms with Crippen LogP contribution in [0.5, 0.6) is 0 Å². The number of ether oxygens (including phenoxy) is 1. The van der Waals surface area contributed by atoms with Crippen molar-refractivity contribution in [3.05, 3.63) is 36.0 Å². The summed E-state index contributed by atoms with van der Waals surface area (Å²) in [6, 6.07) is 7.35. The summed E-state index contributed by atoms with van der Waals surface area (Å²) in [6.07, 6.45) is 5.31. The molecule has 1 aromatic carbocycles. The zero-order valence-electron chi connectivity index (χ0n) is 19.2. The Bertz CT molecular complexity index is 854. The lowest BCUT2D eigenvalue weighted by molar-refractivity contribution is -0.123. The average Bonchev–Trinajstić information content (AvgIpc) is 3.06. The third-order valence-electron chi connectivity index (χ3n) is 5.03. The molecule has 0 spiro atoms. The number of nitrogens with zero attached hydrogens (tertiary/aromatic N) is 1. The number of para-hydroxylation sites is 1. The van der Waals surface area contributed by atoms with E-state index >= 15 is 0 Å². The number of aliphatic hydroxyl groups excluding tert-OH is 1. The molecule has 0 radical (unpaired) electrons. The monoisotopic (exact) mass is 431 g/mol. The molecule has 7 heteroatoms. The number of benzene rings is 1. The molecule has 172 valence electrons. The summed E-state index contributed by atoms with van der Waals surface area (Å²) in [4.78, 5) is 25.3. The summed E-state index contributed by atoms with van der Waals surface area (Å²) in [6.45, 7) is 9.02. The molecular formula is C24H37N3O4. The van der Waals surface area contributed by atoms with Gasteiger partial charge in [0.25, 0.3) is 0 Å². The fourth-order valence-electron chi connectivity index (χ4n) is 3.55. The van der Waals surface area contributed by atoms with Gasteiger partial charge in [-0.3, -0.25) is 4.79 Å². The van der Waals surface area contributed by atoms with E-state index in [1.54, 1.807) is 20.8 Å². The highest BCUT2D eigenvalue weighted by Crippen LogP contribution is 2.23. The Morgan fingerprint density at radius 2 is 1.84 bits per heavy atom. The zero-order chi connectivity index (χ0) is 22.9. The Hall–Kier alpha value is -2.54. The van der Waals surface area contributed by atoms with Crippen molar-refractivity contribution >= 4 is 22.9 Å². The zero-order valence-corrected chi connectivity index (χ0v) is 19.2. The topological polar surface area (TPSA) is 92.6 Å². The Kier molecular flexibility index (Phi) is 9.37. The number of rotatable bonds is 11. The van der Waals surface area contributed by atoms with Crippen LogP contribution in [0.25, 0.3) is 10.9 Å². The average molecular weight is 432 g/mol. The second-order valence-corrected chi connectivity index (χ2v) is 8.79. The number of hydrogen-bond acceptors (Lipinski definition) is 4. The molecule has 0 fully saturated rings. The highest BCUT2D eigenvalue weighted by Gasteiger charge is 2.25. The van der Waals surface area contributed by atoms with Crippen LogP contribution in [0.4, 0.5) is 4.79 Å². The van der Waals surface area contributed by atoms with E-state index in [9.17, 15) is 9.59 Å². The van der Waals surface area contributed by atoms with E-state index in [1.165, 1.54) is 0 Å². The second-order valence-electron chi connectivity index (χ2n) is 8.79. The van der Waals surface area contributed by atoms with Gasteiger partial charge in [0.15, 0.2) is 0 Å².